The summed E-state index contributed by atoms with van der Waals surface area (Å²) in [5.41, 5.74) is 3.72. The highest BCUT2D eigenvalue weighted by Gasteiger charge is 2.51. The molecule has 7 rings (SSSR count). The molecule has 0 radical (unpaired) electrons. The molecule has 186 valence electrons. The zero-order valence-corrected chi connectivity index (χ0v) is 21.8. The van der Waals surface area contributed by atoms with Gasteiger partial charge in [0.05, 0.1) is 23.7 Å². The maximum Gasteiger partial charge on any atom is 0.318 e. The molecule has 4 bridgehead atoms. The molecule has 4 aliphatic rings. The smallest absolute Gasteiger partial charge is 0.318 e. The Morgan fingerprint density at radius 1 is 1.11 bits per heavy atom. The van der Waals surface area contributed by atoms with E-state index in [2.05, 4.69) is 58.6 Å². The van der Waals surface area contributed by atoms with Crippen LogP contribution in [0.1, 0.15) is 51.0 Å². The van der Waals surface area contributed by atoms with Crippen molar-refractivity contribution in [3.8, 4) is 10.6 Å². The predicted octanol–water partition coefficient (Wildman–Crippen LogP) is 6.52. The number of methoxy groups -OCH3 is 1. The SMILES string of the molecule is CCn1c(-c2cccs2)c(CN(CCOC)C(=O)NC23CC4CC(CC(C4)C2)C3)c2ccccc21. The van der Waals surface area contributed by atoms with E-state index in [9.17, 15) is 4.79 Å². The van der Waals surface area contributed by atoms with Gasteiger partial charge in [-0.1, -0.05) is 24.3 Å². The van der Waals surface area contributed by atoms with E-state index in [1.54, 1.807) is 18.4 Å². The van der Waals surface area contributed by atoms with Crippen molar-refractivity contribution in [2.24, 2.45) is 17.8 Å². The van der Waals surface area contributed by atoms with Crippen molar-refractivity contribution in [3.63, 3.8) is 0 Å². The molecule has 0 spiro atoms. The van der Waals surface area contributed by atoms with E-state index < -0.39 is 0 Å². The number of aryl methyl sites for hydroxylation is 1. The van der Waals surface area contributed by atoms with Crippen LogP contribution in [0.4, 0.5) is 4.79 Å². The van der Waals surface area contributed by atoms with Crippen molar-refractivity contribution in [2.75, 3.05) is 20.3 Å². The van der Waals surface area contributed by atoms with Crippen LogP contribution >= 0.6 is 11.3 Å². The number of benzene rings is 1. The van der Waals surface area contributed by atoms with Crippen molar-refractivity contribution >= 4 is 28.3 Å². The second-order valence-corrected chi connectivity index (χ2v) is 12.1. The van der Waals surface area contributed by atoms with Gasteiger partial charge in [0.15, 0.2) is 0 Å². The van der Waals surface area contributed by atoms with Gasteiger partial charge in [-0.25, -0.2) is 4.79 Å². The third-order valence-electron chi connectivity index (χ3n) is 8.76. The molecule has 0 unspecified atom stereocenters. The van der Waals surface area contributed by atoms with Crippen LogP contribution in [0.25, 0.3) is 21.5 Å². The number of fused-ring (bicyclic) bond motifs is 1. The number of urea groups is 1. The molecule has 4 aliphatic carbocycles. The van der Waals surface area contributed by atoms with Gasteiger partial charge in [0.2, 0.25) is 0 Å². The summed E-state index contributed by atoms with van der Waals surface area (Å²) >= 11 is 1.77. The number of hydrogen-bond acceptors (Lipinski definition) is 3. The van der Waals surface area contributed by atoms with Gasteiger partial charge in [0.25, 0.3) is 0 Å². The van der Waals surface area contributed by atoms with E-state index in [-0.39, 0.29) is 11.6 Å². The number of carbonyl (C=O) groups is 1. The summed E-state index contributed by atoms with van der Waals surface area (Å²) in [5.74, 6) is 2.42. The molecule has 1 N–H and O–H groups in total. The van der Waals surface area contributed by atoms with Gasteiger partial charge in [-0.05, 0) is 80.7 Å². The first-order valence-corrected chi connectivity index (χ1v) is 14.2. The Bertz CT molecular complexity index is 1160. The molecule has 35 heavy (non-hydrogen) atoms. The number of para-hydroxylation sites is 1. The number of carbonyl (C=O) groups excluding carboxylic acids is 1. The first-order valence-electron chi connectivity index (χ1n) is 13.3. The lowest BCUT2D eigenvalue weighted by atomic mass is 9.53. The second kappa shape index (κ2) is 9.29. The van der Waals surface area contributed by atoms with E-state index in [0.717, 1.165) is 24.3 Å². The Hall–Kier alpha value is -2.31. The van der Waals surface area contributed by atoms with Crippen LogP contribution in [0.15, 0.2) is 41.8 Å². The number of aromatic nitrogens is 1. The number of amides is 2. The molecule has 1 aromatic carbocycles. The molecule has 2 aromatic heterocycles. The number of nitrogens with one attached hydrogen (secondary N) is 1. The fourth-order valence-corrected chi connectivity index (χ4v) is 8.58. The maximum absolute atomic E-state index is 13.9. The van der Waals surface area contributed by atoms with Crippen LogP contribution < -0.4 is 5.32 Å². The Labute approximate surface area is 212 Å². The zero-order valence-electron chi connectivity index (χ0n) is 21.0. The molecular formula is C29H37N3O2S. The van der Waals surface area contributed by atoms with Crippen LogP contribution in [0.5, 0.6) is 0 Å². The van der Waals surface area contributed by atoms with E-state index in [1.165, 1.54) is 65.6 Å². The largest absolute Gasteiger partial charge is 0.383 e. The summed E-state index contributed by atoms with van der Waals surface area (Å²) in [6, 6.07) is 13.0. The summed E-state index contributed by atoms with van der Waals surface area (Å²) in [4.78, 5) is 17.2. The Morgan fingerprint density at radius 3 is 2.46 bits per heavy atom. The Morgan fingerprint density at radius 2 is 1.83 bits per heavy atom. The number of hydrogen-bond donors (Lipinski definition) is 1. The first kappa shape index (κ1) is 23.1. The average molecular weight is 492 g/mol. The van der Waals surface area contributed by atoms with Crippen molar-refractivity contribution in [2.45, 2.75) is 64.1 Å². The maximum atomic E-state index is 13.9. The second-order valence-electron chi connectivity index (χ2n) is 11.1. The molecule has 0 aliphatic heterocycles. The molecule has 4 saturated carbocycles. The Kier molecular flexibility index (Phi) is 6.13. The normalized spacial score (nSPS) is 27.0. The standard InChI is InChI=1S/C29H37N3O2S/c1-3-32-25-8-5-4-7-23(25)24(27(32)26-9-6-12-35-26)19-31(10-11-34-2)28(33)30-29-16-20-13-21(17-29)15-22(14-20)18-29/h4-9,12,20-22H,3,10-11,13-19H2,1-2H3,(H,30,33). The van der Waals surface area contributed by atoms with Gasteiger partial charge in [0.1, 0.15) is 0 Å². The summed E-state index contributed by atoms with van der Waals surface area (Å²) in [5, 5.41) is 6.98. The molecule has 2 amide bonds. The van der Waals surface area contributed by atoms with Crippen LogP contribution in [-0.2, 0) is 17.8 Å². The topological polar surface area (TPSA) is 46.5 Å². The van der Waals surface area contributed by atoms with E-state index in [1.807, 2.05) is 4.90 Å². The number of nitrogens with zero attached hydrogens (tertiary/aromatic N) is 2. The lowest BCUT2D eigenvalue weighted by molar-refractivity contribution is -0.0161. The Balaban J connectivity index is 1.34. The summed E-state index contributed by atoms with van der Waals surface area (Å²) < 4.78 is 7.85. The molecule has 4 fully saturated rings. The molecule has 0 atom stereocenters. The molecule has 2 heterocycles. The minimum absolute atomic E-state index is 0.00511. The third kappa shape index (κ3) is 4.19. The third-order valence-corrected chi connectivity index (χ3v) is 9.63. The van der Waals surface area contributed by atoms with Crippen LogP contribution in [0, 0.1) is 17.8 Å². The number of ether oxygens (including phenoxy) is 1. The van der Waals surface area contributed by atoms with E-state index >= 15 is 0 Å². The van der Waals surface area contributed by atoms with Crippen molar-refractivity contribution < 1.29 is 9.53 Å². The molecule has 0 saturated heterocycles. The highest BCUT2D eigenvalue weighted by Crippen LogP contribution is 2.55. The van der Waals surface area contributed by atoms with Crippen molar-refractivity contribution in [3.05, 3.63) is 47.3 Å². The van der Waals surface area contributed by atoms with Gasteiger partial charge < -0.3 is 19.5 Å². The predicted molar refractivity (Wildman–Crippen MR) is 143 cm³/mol. The zero-order chi connectivity index (χ0) is 24.0. The van der Waals surface area contributed by atoms with Gasteiger partial charge in [0, 0.05) is 42.2 Å². The van der Waals surface area contributed by atoms with Crippen molar-refractivity contribution in [1.82, 2.24) is 14.8 Å². The fourth-order valence-electron chi connectivity index (χ4n) is 7.77. The first-order chi connectivity index (χ1) is 17.1. The molecular weight excluding hydrogens is 454 g/mol. The molecule has 3 aromatic rings. The van der Waals surface area contributed by atoms with Gasteiger partial charge >= 0.3 is 6.03 Å². The minimum atomic E-state index is 0.00511. The molecule has 6 heteroatoms. The summed E-state index contributed by atoms with van der Waals surface area (Å²) in [7, 11) is 1.72. The van der Waals surface area contributed by atoms with E-state index in [0.29, 0.717) is 19.7 Å². The van der Waals surface area contributed by atoms with Crippen LogP contribution in [0.2, 0.25) is 0 Å². The van der Waals surface area contributed by atoms with Crippen molar-refractivity contribution in [1.29, 1.82) is 0 Å². The number of rotatable bonds is 8. The summed E-state index contributed by atoms with van der Waals surface area (Å²) in [6.07, 6.45) is 7.63. The van der Waals surface area contributed by atoms with Crippen LogP contribution in [-0.4, -0.2) is 41.3 Å². The minimum Gasteiger partial charge on any atom is -0.383 e. The fraction of sp³-hybridized carbons (Fsp3) is 0.552. The molecule has 5 nitrogen and oxygen atoms in total. The van der Waals surface area contributed by atoms with Gasteiger partial charge in [-0.15, -0.1) is 11.3 Å². The van der Waals surface area contributed by atoms with Gasteiger partial charge in [-0.3, -0.25) is 0 Å². The van der Waals surface area contributed by atoms with Gasteiger partial charge in [-0.2, -0.15) is 0 Å². The lowest BCUT2D eigenvalue weighted by Crippen LogP contribution is -2.62. The monoisotopic (exact) mass is 491 g/mol. The lowest BCUT2D eigenvalue weighted by Gasteiger charge is -2.57. The number of thiophene rings is 1. The summed E-state index contributed by atoms with van der Waals surface area (Å²) in [6.45, 7) is 4.81. The quantitative estimate of drug-likeness (QED) is 0.390. The van der Waals surface area contributed by atoms with E-state index in [4.69, 9.17) is 4.74 Å². The van der Waals surface area contributed by atoms with Crippen LogP contribution in [0.3, 0.4) is 0 Å². The average Bonchev–Trinajstić information content (AvgIpc) is 3.46. The highest BCUT2D eigenvalue weighted by atomic mass is 32.1. The highest BCUT2D eigenvalue weighted by molar-refractivity contribution is 7.13.